The highest BCUT2D eigenvalue weighted by molar-refractivity contribution is 7.11. The van der Waals surface area contributed by atoms with Crippen LogP contribution >= 0.6 is 11.3 Å². The highest BCUT2D eigenvalue weighted by atomic mass is 32.1. The largest absolute Gasteiger partial charge is 0.459 e. The smallest absolute Gasteiger partial charge is 0.348 e. The number of ether oxygens (including phenoxy) is 1. The van der Waals surface area contributed by atoms with Crippen LogP contribution in [-0.2, 0) is 9.53 Å². The molecule has 1 aromatic carbocycles. The third kappa shape index (κ3) is 3.60. The standard InChI is InChI=1S/C17H15NO4S/c1-11(14-9-12-5-2-3-6-13(12)22-14)18-16(19)10-21-17(20)15-7-4-8-23-15/h2-9,11H,10H2,1H3,(H,18,19)/t11-/m0/s1. The molecule has 0 spiro atoms. The molecule has 3 rings (SSSR count). The molecule has 0 aliphatic heterocycles. The molecule has 118 valence electrons. The van der Waals surface area contributed by atoms with Crippen LogP contribution in [0.2, 0.25) is 0 Å². The number of esters is 1. The molecule has 23 heavy (non-hydrogen) atoms. The predicted molar refractivity (Wildman–Crippen MR) is 87.4 cm³/mol. The van der Waals surface area contributed by atoms with Gasteiger partial charge in [-0.05, 0) is 30.5 Å². The van der Waals surface area contributed by atoms with Gasteiger partial charge >= 0.3 is 5.97 Å². The Morgan fingerprint density at radius 3 is 2.83 bits per heavy atom. The summed E-state index contributed by atoms with van der Waals surface area (Å²) in [5.41, 5.74) is 0.771. The maximum absolute atomic E-state index is 11.9. The van der Waals surface area contributed by atoms with Gasteiger partial charge in [-0.25, -0.2) is 4.79 Å². The van der Waals surface area contributed by atoms with Crippen molar-refractivity contribution in [3.63, 3.8) is 0 Å². The maximum Gasteiger partial charge on any atom is 0.348 e. The SMILES string of the molecule is C[C@H](NC(=O)COC(=O)c1cccs1)c1cc2ccccc2o1. The van der Waals surface area contributed by atoms with Crippen LogP contribution in [0.4, 0.5) is 0 Å². The summed E-state index contributed by atoms with van der Waals surface area (Å²) < 4.78 is 10.7. The average molecular weight is 329 g/mol. The Labute approximate surface area is 136 Å². The number of furan rings is 1. The first-order valence-electron chi connectivity index (χ1n) is 7.12. The molecule has 1 atom stereocenters. The Kier molecular flexibility index (Phi) is 4.43. The minimum absolute atomic E-state index is 0.310. The van der Waals surface area contributed by atoms with Crippen molar-refractivity contribution in [2.45, 2.75) is 13.0 Å². The first kappa shape index (κ1) is 15.3. The lowest BCUT2D eigenvalue weighted by Gasteiger charge is -2.11. The fourth-order valence-electron chi connectivity index (χ4n) is 2.17. The quantitative estimate of drug-likeness (QED) is 0.727. The van der Waals surface area contributed by atoms with Crippen molar-refractivity contribution in [3.8, 4) is 0 Å². The van der Waals surface area contributed by atoms with Gasteiger partial charge in [0.2, 0.25) is 0 Å². The monoisotopic (exact) mass is 329 g/mol. The molecule has 1 N–H and O–H groups in total. The lowest BCUT2D eigenvalue weighted by atomic mass is 10.2. The molecule has 0 fully saturated rings. The number of thiophene rings is 1. The number of amides is 1. The topological polar surface area (TPSA) is 68.5 Å². The van der Waals surface area contributed by atoms with E-state index in [9.17, 15) is 9.59 Å². The number of nitrogens with one attached hydrogen (secondary N) is 1. The Bertz CT molecular complexity index is 789. The van der Waals surface area contributed by atoms with Crippen LogP contribution in [0.25, 0.3) is 11.0 Å². The van der Waals surface area contributed by atoms with E-state index >= 15 is 0 Å². The van der Waals surface area contributed by atoms with Crippen molar-refractivity contribution in [1.29, 1.82) is 0 Å². The molecule has 1 amide bonds. The minimum Gasteiger partial charge on any atom is -0.459 e. The van der Waals surface area contributed by atoms with Crippen molar-refractivity contribution in [2.75, 3.05) is 6.61 Å². The van der Waals surface area contributed by atoms with Crippen molar-refractivity contribution < 1.29 is 18.7 Å². The Morgan fingerprint density at radius 2 is 2.09 bits per heavy atom. The molecule has 0 saturated heterocycles. The molecule has 5 nitrogen and oxygen atoms in total. The maximum atomic E-state index is 11.9. The van der Waals surface area contributed by atoms with E-state index in [1.807, 2.05) is 37.3 Å². The van der Waals surface area contributed by atoms with E-state index in [4.69, 9.17) is 9.15 Å². The molecule has 3 aromatic rings. The van der Waals surface area contributed by atoms with Crippen LogP contribution in [0, 0.1) is 0 Å². The van der Waals surface area contributed by atoms with Gasteiger partial charge in [0.05, 0.1) is 6.04 Å². The van der Waals surface area contributed by atoms with Crippen molar-refractivity contribution >= 4 is 34.2 Å². The summed E-state index contributed by atoms with van der Waals surface area (Å²) in [6.45, 7) is 1.50. The molecule has 0 bridgehead atoms. The molecule has 6 heteroatoms. The molecule has 0 saturated carbocycles. The summed E-state index contributed by atoms with van der Waals surface area (Å²) in [5.74, 6) is -0.210. The van der Waals surface area contributed by atoms with Crippen molar-refractivity contribution in [1.82, 2.24) is 5.32 Å². The van der Waals surface area contributed by atoms with E-state index in [2.05, 4.69) is 5.32 Å². The van der Waals surface area contributed by atoms with E-state index < -0.39 is 5.97 Å². The fourth-order valence-corrected chi connectivity index (χ4v) is 2.78. The van der Waals surface area contributed by atoms with Gasteiger partial charge in [0.1, 0.15) is 16.2 Å². The third-order valence-corrected chi connectivity index (χ3v) is 4.16. The predicted octanol–water partition coefficient (Wildman–Crippen LogP) is 3.53. The van der Waals surface area contributed by atoms with Crippen LogP contribution in [-0.4, -0.2) is 18.5 Å². The van der Waals surface area contributed by atoms with Gasteiger partial charge < -0.3 is 14.5 Å². The van der Waals surface area contributed by atoms with Gasteiger partial charge in [-0.15, -0.1) is 11.3 Å². The minimum atomic E-state index is -0.494. The number of para-hydroxylation sites is 1. The summed E-state index contributed by atoms with van der Waals surface area (Å²) >= 11 is 1.27. The van der Waals surface area contributed by atoms with Crippen LogP contribution in [0.3, 0.4) is 0 Å². The molecule has 0 unspecified atom stereocenters. The van der Waals surface area contributed by atoms with E-state index in [1.54, 1.807) is 17.5 Å². The van der Waals surface area contributed by atoms with E-state index in [1.165, 1.54) is 11.3 Å². The zero-order valence-electron chi connectivity index (χ0n) is 12.4. The van der Waals surface area contributed by atoms with Gasteiger partial charge in [-0.3, -0.25) is 4.79 Å². The first-order chi connectivity index (χ1) is 11.1. The first-order valence-corrected chi connectivity index (χ1v) is 8.00. The second-order valence-corrected chi connectivity index (χ2v) is 5.98. The van der Waals surface area contributed by atoms with Gasteiger partial charge in [-0.1, -0.05) is 24.3 Å². The number of rotatable bonds is 5. The molecule has 0 aliphatic rings. The van der Waals surface area contributed by atoms with Gasteiger partial charge in [-0.2, -0.15) is 0 Å². The zero-order valence-corrected chi connectivity index (χ0v) is 13.3. The molecule has 2 heterocycles. The fraction of sp³-hybridized carbons (Fsp3) is 0.176. The number of fused-ring (bicyclic) bond motifs is 1. The summed E-state index contributed by atoms with van der Waals surface area (Å²) in [6, 6.07) is 12.6. The number of benzene rings is 1. The van der Waals surface area contributed by atoms with Gasteiger partial charge in [0, 0.05) is 5.39 Å². The Balaban J connectivity index is 1.55. The number of hydrogen-bond acceptors (Lipinski definition) is 5. The number of hydrogen-bond donors (Lipinski definition) is 1. The highest BCUT2D eigenvalue weighted by Crippen LogP contribution is 2.23. The van der Waals surface area contributed by atoms with Crippen LogP contribution in [0.15, 0.2) is 52.3 Å². The molecule has 2 aromatic heterocycles. The average Bonchev–Trinajstić information content (AvgIpc) is 3.21. The normalized spacial score (nSPS) is 12.0. The lowest BCUT2D eigenvalue weighted by Crippen LogP contribution is -2.30. The Hall–Kier alpha value is -2.60. The summed E-state index contributed by atoms with van der Waals surface area (Å²) in [7, 11) is 0. The summed E-state index contributed by atoms with van der Waals surface area (Å²) in [5, 5.41) is 5.51. The molecular weight excluding hydrogens is 314 g/mol. The lowest BCUT2D eigenvalue weighted by molar-refractivity contribution is -0.125. The second kappa shape index (κ2) is 6.66. The summed E-state index contributed by atoms with van der Waals surface area (Å²) in [4.78, 5) is 24.0. The highest BCUT2D eigenvalue weighted by Gasteiger charge is 2.16. The van der Waals surface area contributed by atoms with Crippen LogP contribution in [0.5, 0.6) is 0 Å². The van der Waals surface area contributed by atoms with Crippen molar-refractivity contribution in [2.24, 2.45) is 0 Å². The molecule has 0 radical (unpaired) electrons. The third-order valence-electron chi connectivity index (χ3n) is 3.31. The van der Waals surface area contributed by atoms with E-state index in [0.29, 0.717) is 10.6 Å². The van der Waals surface area contributed by atoms with Crippen molar-refractivity contribution in [3.05, 3.63) is 58.5 Å². The zero-order chi connectivity index (χ0) is 16.2. The number of carbonyl (C=O) groups is 2. The van der Waals surface area contributed by atoms with Crippen LogP contribution in [0.1, 0.15) is 28.4 Å². The summed E-state index contributed by atoms with van der Waals surface area (Å²) in [6.07, 6.45) is 0. The second-order valence-electron chi connectivity index (χ2n) is 5.03. The molecular formula is C17H15NO4S. The Morgan fingerprint density at radius 1 is 1.26 bits per heavy atom. The van der Waals surface area contributed by atoms with E-state index in [-0.39, 0.29) is 18.6 Å². The molecule has 0 aliphatic carbocycles. The van der Waals surface area contributed by atoms with Gasteiger partial charge in [0.15, 0.2) is 6.61 Å². The number of carbonyl (C=O) groups excluding carboxylic acids is 2. The van der Waals surface area contributed by atoms with Crippen LogP contribution < -0.4 is 5.32 Å². The van der Waals surface area contributed by atoms with E-state index in [0.717, 1.165) is 11.0 Å². The van der Waals surface area contributed by atoms with Gasteiger partial charge in [0.25, 0.3) is 5.91 Å².